The third-order valence-corrected chi connectivity index (χ3v) is 4.05. The van der Waals surface area contributed by atoms with Crippen molar-refractivity contribution in [2.75, 3.05) is 18.0 Å². The molecule has 1 aromatic heterocycles. The summed E-state index contributed by atoms with van der Waals surface area (Å²) in [6.45, 7) is 4.17. The molecule has 1 aliphatic heterocycles. The van der Waals surface area contributed by atoms with Crippen LogP contribution in [-0.2, 0) is 0 Å². The first-order valence-corrected chi connectivity index (χ1v) is 6.93. The molecule has 3 heteroatoms. The highest BCUT2D eigenvalue weighted by Gasteiger charge is 2.19. The second-order valence-electron chi connectivity index (χ2n) is 4.98. The SMILES string of the molecule is Cc1cc2ccccc2nc1N1CCC(Cl)CC1. The molecule has 18 heavy (non-hydrogen) atoms. The molecule has 0 unspecified atom stereocenters. The lowest BCUT2D eigenvalue weighted by molar-refractivity contribution is 0.580. The highest BCUT2D eigenvalue weighted by molar-refractivity contribution is 6.20. The molecule has 1 saturated heterocycles. The van der Waals surface area contributed by atoms with Crippen molar-refractivity contribution in [1.29, 1.82) is 0 Å². The van der Waals surface area contributed by atoms with E-state index in [1.54, 1.807) is 0 Å². The zero-order valence-electron chi connectivity index (χ0n) is 10.6. The maximum absolute atomic E-state index is 6.16. The number of hydrogen-bond acceptors (Lipinski definition) is 2. The summed E-state index contributed by atoms with van der Waals surface area (Å²) in [5, 5.41) is 1.55. The van der Waals surface area contributed by atoms with Crippen LogP contribution in [0.5, 0.6) is 0 Å². The van der Waals surface area contributed by atoms with Gasteiger partial charge in [0.25, 0.3) is 0 Å². The fourth-order valence-electron chi connectivity index (χ4n) is 2.59. The van der Waals surface area contributed by atoms with Crippen molar-refractivity contribution < 1.29 is 0 Å². The summed E-state index contributed by atoms with van der Waals surface area (Å²) in [5.41, 5.74) is 2.33. The lowest BCUT2D eigenvalue weighted by atomic mass is 10.1. The third-order valence-electron chi connectivity index (χ3n) is 3.61. The van der Waals surface area contributed by atoms with Gasteiger partial charge in [-0.05, 0) is 37.5 Å². The molecule has 2 aromatic rings. The van der Waals surface area contributed by atoms with Crippen LogP contribution in [0.15, 0.2) is 30.3 Å². The first-order chi connectivity index (χ1) is 8.74. The molecule has 1 fully saturated rings. The standard InChI is InChI=1S/C15H17ClN2/c1-11-10-12-4-2-3-5-14(12)17-15(11)18-8-6-13(16)7-9-18/h2-5,10,13H,6-9H2,1H3. The van der Waals surface area contributed by atoms with Crippen molar-refractivity contribution in [3.63, 3.8) is 0 Å². The van der Waals surface area contributed by atoms with Crippen molar-refractivity contribution in [1.82, 2.24) is 4.98 Å². The summed E-state index contributed by atoms with van der Waals surface area (Å²) in [4.78, 5) is 7.17. The molecular formula is C15H17ClN2. The summed E-state index contributed by atoms with van der Waals surface area (Å²) in [5.74, 6) is 1.12. The van der Waals surface area contributed by atoms with Crippen LogP contribution < -0.4 is 4.90 Å². The minimum Gasteiger partial charge on any atom is -0.356 e. The van der Waals surface area contributed by atoms with Gasteiger partial charge in [0.2, 0.25) is 0 Å². The number of halogens is 1. The fraction of sp³-hybridized carbons (Fsp3) is 0.400. The van der Waals surface area contributed by atoms with Crippen molar-refractivity contribution in [2.24, 2.45) is 0 Å². The Labute approximate surface area is 113 Å². The second kappa shape index (κ2) is 4.77. The predicted octanol–water partition coefficient (Wildman–Crippen LogP) is 3.75. The number of piperidine rings is 1. The van der Waals surface area contributed by atoms with E-state index in [-0.39, 0.29) is 0 Å². The molecule has 94 valence electrons. The number of para-hydroxylation sites is 1. The first-order valence-electron chi connectivity index (χ1n) is 6.49. The van der Waals surface area contributed by atoms with E-state index >= 15 is 0 Å². The van der Waals surface area contributed by atoms with Gasteiger partial charge in [-0.1, -0.05) is 18.2 Å². The zero-order valence-corrected chi connectivity index (χ0v) is 11.3. The van der Waals surface area contributed by atoms with Gasteiger partial charge in [0.05, 0.1) is 5.52 Å². The van der Waals surface area contributed by atoms with E-state index in [1.807, 2.05) is 6.07 Å². The average molecular weight is 261 g/mol. The number of benzene rings is 1. The molecule has 2 nitrogen and oxygen atoms in total. The smallest absolute Gasteiger partial charge is 0.132 e. The molecule has 0 radical (unpaired) electrons. The molecule has 0 atom stereocenters. The van der Waals surface area contributed by atoms with Gasteiger partial charge in [-0.25, -0.2) is 4.98 Å². The van der Waals surface area contributed by atoms with Crippen molar-refractivity contribution in [3.8, 4) is 0 Å². The molecule has 0 spiro atoms. The summed E-state index contributed by atoms with van der Waals surface area (Å²) >= 11 is 6.16. The molecule has 3 rings (SSSR count). The zero-order chi connectivity index (χ0) is 12.5. The Hall–Kier alpha value is -1.28. The van der Waals surface area contributed by atoms with E-state index in [2.05, 4.69) is 36.1 Å². The number of anilines is 1. The van der Waals surface area contributed by atoms with Gasteiger partial charge in [0, 0.05) is 23.9 Å². The monoisotopic (exact) mass is 260 g/mol. The second-order valence-corrected chi connectivity index (χ2v) is 5.60. The van der Waals surface area contributed by atoms with E-state index in [0.717, 1.165) is 37.3 Å². The molecule has 2 heterocycles. The molecule has 0 saturated carbocycles. The molecule has 1 aliphatic rings. The maximum Gasteiger partial charge on any atom is 0.132 e. The van der Waals surface area contributed by atoms with Gasteiger partial charge in [0.1, 0.15) is 5.82 Å². The molecule has 0 N–H and O–H groups in total. The number of aryl methyl sites for hydroxylation is 1. The van der Waals surface area contributed by atoms with Gasteiger partial charge in [-0.15, -0.1) is 11.6 Å². The number of rotatable bonds is 1. The average Bonchev–Trinajstić information content (AvgIpc) is 2.39. The quantitative estimate of drug-likeness (QED) is 0.726. The minimum atomic E-state index is 0.335. The topological polar surface area (TPSA) is 16.1 Å². The van der Waals surface area contributed by atoms with Crippen LogP contribution in [0.25, 0.3) is 10.9 Å². The van der Waals surface area contributed by atoms with Crippen LogP contribution in [0.2, 0.25) is 0 Å². The summed E-state index contributed by atoms with van der Waals surface area (Å²) in [6.07, 6.45) is 2.10. The minimum absolute atomic E-state index is 0.335. The number of fused-ring (bicyclic) bond motifs is 1. The van der Waals surface area contributed by atoms with Crippen molar-refractivity contribution in [3.05, 3.63) is 35.9 Å². The van der Waals surface area contributed by atoms with Gasteiger partial charge >= 0.3 is 0 Å². The van der Waals surface area contributed by atoms with Crippen LogP contribution in [0.4, 0.5) is 5.82 Å². The number of hydrogen-bond donors (Lipinski definition) is 0. The van der Waals surface area contributed by atoms with E-state index < -0.39 is 0 Å². The maximum atomic E-state index is 6.16. The van der Waals surface area contributed by atoms with Gasteiger partial charge < -0.3 is 4.90 Å². The third kappa shape index (κ3) is 2.17. The molecular weight excluding hydrogens is 244 g/mol. The summed E-state index contributed by atoms with van der Waals surface area (Å²) in [6, 6.07) is 10.5. The summed E-state index contributed by atoms with van der Waals surface area (Å²) in [7, 11) is 0. The van der Waals surface area contributed by atoms with Crippen LogP contribution in [0.1, 0.15) is 18.4 Å². The molecule has 0 aliphatic carbocycles. The predicted molar refractivity (Wildman–Crippen MR) is 77.6 cm³/mol. The Morgan fingerprint density at radius 3 is 2.72 bits per heavy atom. The van der Waals surface area contributed by atoms with Gasteiger partial charge in [-0.2, -0.15) is 0 Å². The largest absolute Gasteiger partial charge is 0.356 e. The Bertz CT molecular complexity index is 559. The Morgan fingerprint density at radius 2 is 1.94 bits per heavy atom. The van der Waals surface area contributed by atoms with Crippen molar-refractivity contribution >= 4 is 28.3 Å². The molecule has 1 aromatic carbocycles. The first kappa shape index (κ1) is 11.8. The molecule has 0 bridgehead atoms. The Balaban J connectivity index is 1.98. The lowest BCUT2D eigenvalue weighted by Crippen LogP contribution is -2.35. The fourth-order valence-corrected chi connectivity index (χ4v) is 2.79. The van der Waals surface area contributed by atoms with E-state index in [4.69, 9.17) is 16.6 Å². The van der Waals surface area contributed by atoms with Crippen LogP contribution in [0.3, 0.4) is 0 Å². The van der Waals surface area contributed by atoms with Gasteiger partial charge in [-0.3, -0.25) is 0 Å². The van der Waals surface area contributed by atoms with Crippen LogP contribution in [0, 0.1) is 6.92 Å². The Morgan fingerprint density at radius 1 is 1.22 bits per heavy atom. The highest BCUT2D eigenvalue weighted by Crippen LogP contribution is 2.26. The number of nitrogens with zero attached hydrogens (tertiary/aromatic N) is 2. The van der Waals surface area contributed by atoms with E-state index in [0.29, 0.717) is 5.38 Å². The van der Waals surface area contributed by atoms with Crippen molar-refractivity contribution in [2.45, 2.75) is 25.1 Å². The number of alkyl halides is 1. The van der Waals surface area contributed by atoms with E-state index in [9.17, 15) is 0 Å². The Kier molecular flexibility index (Phi) is 3.13. The van der Waals surface area contributed by atoms with Crippen LogP contribution >= 0.6 is 11.6 Å². The normalized spacial score (nSPS) is 17.3. The van der Waals surface area contributed by atoms with E-state index in [1.165, 1.54) is 10.9 Å². The van der Waals surface area contributed by atoms with Crippen LogP contribution in [-0.4, -0.2) is 23.5 Å². The lowest BCUT2D eigenvalue weighted by Gasteiger charge is -2.31. The number of aromatic nitrogens is 1. The molecule has 0 amide bonds. The van der Waals surface area contributed by atoms with Gasteiger partial charge in [0.15, 0.2) is 0 Å². The highest BCUT2D eigenvalue weighted by atomic mass is 35.5. The number of pyridine rings is 1. The summed E-state index contributed by atoms with van der Waals surface area (Å²) < 4.78 is 0.